The van der Waals surface area contributed by atoms with Crippen molar-refractivity contribution in [2.45, 2.75) is 77.9 Å². The summed E-state index contributed by atoms with van der Waals surface area (Å²) >= 11 is 0. The van der Waals surface area contributed by atoms with Crippen molar-refractivity contribution >= 4 is 12.1 Å². The number of hydrogen-bond acceptors (Lipinski definition) is 7. The number of benzene rings is 1. The Morgan fingerprint density at radius 1 is 1.14 bits per heavy atom. The molecule has 2 aliphatic rings. The summed E-state index contributed by atoms with van der Waals surface area (Å²) < 4.78 is 27.2. The molecule has 204 valence electrons. The predicted octanol–water partition coefficient (Wildman–Crippen LogP) is 5.96. The summed E-state index contributed by atoms with van der Waals surface area (Å²) in [5.74, 6) is -1.21. The number of nitrogens with zero attached hydrogens (tertiary/aromatic N) is 1. The van der Waals surface area contributed by atoms with Gasteiger partial charge in [0.05, 0.1) is 18.3 Å². The van der Waals surface area contributed by atoms with Crippen LogP contribution in [-0.2, 0) is 23.7 Å². The largest absolute Gasteiger partial charge is 0.462 e. The maximum absolute atomic E-state index is 12.5. The second-order valence-corrected chi connectivity index (χ2v) is 8.62. The van der Waals surface area contributed by atoms with Crippen LogP contribution in [0.5, 0.6) is 0 Å². The summed E-state index contributed by atoms with van der Waals surface area (Å²) in [6.45, 7) is 20.6. The van der Waals surface area contributed by atoms with Gasteiger partial charge in [0.15, 0.2) is 0 Å². The van der Waals surface area contributed by atoms with Crippen LogP contribution >= 0.6 is 0 Å². The summed E-state index contributed by atoms with van der Waals surface area (Å²) in [4.78, 5) is 25.2. The Balaban J connectivity index is -0.000000583. The molecule has 1 aromatic rings. The molecular formula is C27H49NO7. The summed E-state index contributed by atoms with van der Waals surface area (Å²) in [5, 5.41) is 0. The zero-order valence-corrected chi connectivity index (χ0v) is 23.0. The molecule has 0 spiro atoms. The normalized spacial score (nSPS) is 21.6. The van der Waals surface area contributed by atoms with Gasteiger partial charge in [0.25, 0.3) is 0 Å². The minimum Gasteiger partial charge on any atom is -0.462 e. The zero-order valence-electron chi connectivity index (χ0n) is 23.0. The fraction of sp³-hybridized carbons (Fsp3) is 0.630. The van der Waals surface area contributed by atoms with E-state index in [-0.39, 0.29) is 21.0 Å². The van der Waals surface area contributed by atoms with Gasteiger partial charge in [-0.1, -0.05) is 32.0 Å². The van der Waals surface area contributed by atoms with Gasteiger partial charge >= 0.3 is 12.1 Å². The molecule has 2 atom stereocenters. The van der Waals surface area contributed by atoms with Crippen molar-refractivity contribution in [3.8, 4) is 0 Å². The molecule has 0 saturated carbocycles. The van der Waals surface area contributed by atoms with Crippen LogP contribution in [0.3, 0.4) is 0 Å². The van der Waals surface area contributed by atoms with E-state index < -0.39 is 16.9 Å². The molecule has 8 nitrogen and oxygen atoms in total. The van der Waals surface area contributed by atoms with Crippen LogP contribution in [0.25, 0.3) is 0 Å². The van der Waals surface area contributed by atoms with Gasteiger partial charge in [0, 0.05) is 23.6 Å². The molecule has 2 fully saturated rings. The van der Waals surface area contributed by atoms with Crippen LogP contribution in [0.4, 0.5) is 4.79 Å². The lowest BCUT2D eigenvalue weighted by molar-refractivity contribution is -0.249. The van der Waals surface area contributed by atoms with E-state index in [0.717, 1.165) is 6.42 Å². The summed E-state index contributed by atoms with van der Waals surface area (Å²) in [5.41, 5.74) is -0.610. The summed E-state index contributed by atoms with van der Waals surface area (Å²) in [7, 11) is 3.15. The Hall–Kier alpha value is -2.42. The lowest BCUT2D eigenvalue weighted by atomic mass is 9.88. The molecule has 3 rings (SSSR count). The number of likely N-dealkylation sites (tertiary alicyclic amines) is 1. The minimum absolute atomic E-state index is 0. The second kappa shape index (κ2) is 14.9. The highest BCUT2D eigenvalue weighted by Crippen LogP contribution is 2.48. The third kappa shape index (κ3) is 7.78. The van der Waals surface area contributed by atoms with Gasteiger partial charge in [0.1, 0.15) is 17.7 Å². The van der Waals surface area contributed by atoms with Crippen molar-refractivity contribution < 1.29 is 36.1 Å². The second-order valence-electron chi connectivity index (χ2n) is 8.62. The van der Waals surface area contributed by atoms with Crippen LogP contribution in [-0.4, -0.2) is 74.0 Å². The smallest absolute Gasteiger partial charge is 0.411 e. The van der Waals surface area contributed by atoms with E-state index in [2.05, 4.69) is 13.2 Å². The topological polar surface area (TPSA) is 83.5 Å². The number of carbonyl (C=O) groups excluding carboxylic acids is 2. The van der Waals surface area contributed by atoms with E-state index in [4.69, 9.17) is 23.7 Å². The molecule has 2 saturated heterocycles. The van der Waals surface area contributed by atoms with Crippen LogP contribution in [0, 0.1) is 0 Å². The van der Waals surface area contributed by atoms with Crippen LogP contribution < -0.4 is 0 Å². The Morgan fingerprint density at radius 2 is 1.69 bits per heavy atom. The molecule has 2 heterocycles. The Morgan fingerprint density at radius 3 is 2.14 bits per heavy atom. The van der Waals surface area contributed by atoms with Crippen LogP contribution in [0.1, 0.15) is 68.1 Å². The lowest BCUT2D eigenvalue weighted by Gasteiger charge is -2.44. The molecule has 35 heavy (non-hydrogen) atoms. The van der Waals surface area contributed by atoms with Gasteiger partial charge < -0.3 is 23.7 Å². The molecule has 1 aromatic carbocycles. The average Bonchev–Trinajstić information content (AvgIpc) is 3.34. The molecule has 0 bridgehead atoms. The predicted molar refractivity (Wildman–Crippen MR) is 142 cm³/mol. The van der Waals surface area contributed by atoms with Crippen LogP contribution in [0.2, 0.25) is 0 Å². The van der Waals surface area contributed by atoms with Crippen molar-refractivity contribution in [3.05, 3.63) is 49.1 Å². The number of ether oxygens (including phenoxy) is 5. The molecule has 0 aromatic heterocycles. The number of hydrogen-bond donors (Lipinski definition) is 0. The van der Waals surface area contributed by atoms with E-state index in [9.17, 15) is 9.59 Å². The van der Waals surface area contributed by atoms with E-state index >= 15 is 0 Å². The Labute approximate surface area is 214 Å². The fourth-order valence-corrected chi connectivity index (χ4v) is 3.99. The molecular weight excluding hydrogens is 450 g/mol. The van der Waals surface area contributed by atoms with Crippen LogP contribution in [0.15, 0.2) is 43.5 Å². The van der Waals surface area contributed by atoms with Crippen molar-refractivity contribution in [2.24, 2.45) is 0 Å². The van der Waals surface area contributed by atoms with Crippen molar-refractivity contribution in [2.75, 3.05) is 34.0 Å². The number of carbonyl (C=O) groups is 2. The number of amides is 1. The van der Waals surface area contributed by atoms with Gasteiger partial charge in [-0.15, -0.1) is 13.2 Å². The highest BCUT2D eigenvalue weighted by atomic mass is 16.7. The zero-order chi connectivity index (χ0) is 27.3. The third-order valence-corrected chi connectivity index (χ3v) is 5.61. The number of methoxy groups -OCH3 is 2. The minimum atomic E-state index is -0.953. The quantitative estimate of drug-likeness (QED) is 0.287. The van der Waals surface area contributed by atoms with E-state index in [1.807, 2.05) is 59.7 Å². The SMILES string of the molecule is C=C.CC.CCOC(=O)c1ccccc1.COC1(OC)COC2CCN(C(=O)OC(C)(C)C)C21C.[HH].[HH]. The Kier molecular flexibility index (Phi) is 13.8. The molecule has 2 aliphatic heterocycles. The number of fused-ring (bicyclic) bond motifs is 1. The third-order valence-electron chi connectivity index (χ3n) is 5.61. The van der Waals surface area contributed by atoms with Gasteiger partial charge in [-0.05, 0) is 53.2 Å². The standard InChI is InChI=1S/C14H25NO5.C9H10O2.C2H6.C2H4.2H2/c1-12(2,3)20-11(16)15-8-7-10-13(15,4)14(17-5,18-6)9-19-10;1-2-11-9(10)8-6-4-3-5-7-8;2*1-2;;/h10H,7-9H2,1-6H3;3-7H,2H2,1H3;1-2H3;1-2H2;2*1H. The van der Waals surface area contributed by atoms with E-state index in [1.54, 1.807) is 38.2 Å². The van der Waals surface area contributed by atoms with Crippen molar-refractivity contribution in [1.82, 2.24) is 4.90 Å². The molecule has 0 N–H and O–H groups in total. The first-order valence-electron chi connectivity index (χ1n) is 12.0. The molecule has 0 radical (unpaired) electrons. The van der Waals surface area contributed by atoms with Crippen molar-refractivity contribution in [1.29, 1.82) is 0 Å². The van der Waals surface area contributed by atoms with Crippen molar-refractivity contribution in [3.63, 3.8) is 0 Å². The number of esters is 1. The first-order chi connectivity index (χ1) is 16.5. The monoisotopic (exact) mass is 499 g/mol. The lowest BCUT2D eigenvalue weighted by Crippen LogP contribution is -2.64. The molecule has 8 heteroatoms. The average molecular weight is 500 g/mol. The Bertz CT molecular complexity index is 770. The molecule has 2 unspecified atom stereocenters. The first kappa shape index (κ1) is 32.6. The van der Waals surface area contributed by atoms with E-state index in [0.29, 0.717) is 25.3 Å². The summed E-state index contributed by atoms with van der Waals surface area (Å²) in [6, 6.07) is 8.96. The fourth-order valence-electron chi connectivity index (χ4n) is 3.99. The first-order valence-corrected chi connectivity index (χ1v) is 12.0. The highest BCUT2D eigenvalue weighted by Gasteiger charge is 2.67. The highest BCUT2D eigenvalue weighted by molar-refractivity contribution is 5.89. The van der Waals surface area contributed by atoms with Gasteiger partial charge in [-0.2, -0.15) is 0 Å². The molecule has 1 amide bonds. The number of rotatable bonds is 4. The summed E-state index contributed by atoms with van der Waals surface area (Å²) in [6.07, 6.45) is 0.297. The van der Waals surface area contributed by atoms with Gasteiger partial charge in [-0.3, -0.25) is 4.90 Å². The maximum Gasteiger partial charge on any atom is 0.411 e. The van der Waals surface area contributed by atoms with E-state index in [1.165, 1.54) is 0 Å². The van der Waals surface area contributed by atoms with Gasteiger partial charge in [0.2, 0.25) is 5.79 Å². The maximum atomic E-state index is 12.5. The molecule has 0 aliphatic carbocycles. The van der Waals surface area contributed by atoms with Gasteiger partial charge in [-0.25, -0.2) is 9.59 Å².